The van der Waals surface area contributed by atoms with Gasteiger partial charge in [0.15, 0.2) is 0 Å². The van der Waals surface area contributed by atoms with Crippen LogP contribution in [-0.2, 0) is 4.79 Å². The lowest BCUT2D eigenvalue weighted by atomic mass is 10.0. The Balaban J connectivity index is 2.62. The number of aliphatic carboxylic acids is 1. The smallest absolute Gasteiger partial charge is 0.321 e. The summed E-state index contributed by atoms with van der Waals surface area (Å²) in [4.78, 5) is 13.3. The third-order valence-corrected chi connectivity index (χ3v) is 3.33. The van der Waals surface area contributed by atoms with Crippen molar-refractivity contribution in [3.8, 4) is 0 Å². The van der Waals surface area contributed by atoms with E-state index in [1.165, 1.54) is 6.42 Å². The zero-order valence-corrected chi connectivity index (χ0v) is 10.1. The lowest BCUT2D eigenvalue weighted by Gasteiger charge is -2.30. The molecule has 0 aliphatic carbocycles. The number of nitrogens with zero attached hydrogens (tertiary/aromatic N) is 1. The molecule has 3 nitrogen and oxygen atoms in total. The molecule has 0 bridgehead atoms. The molecule has 0 spiro atoms. The van der Waals surface area contributed by atoms with Gasteiger partial charge in [-0.15, -0.1) is 0 Å². The monoisotopic (exact) mass is 213 g/mol. The normalized spacial score (nSPS) is 26.3. The first-order valence-electron chi connectivity index (χ1n) is 5.99. The average molecular weight is 213 g/mol. The van der Waals surface area contributed by atoms with E-state index in [1.807, 2.05) is 13.8 Å². The molecule has 0 radical (unpaired) electrons. The van der Waals surface area contributed by atoms with E-state index < -0.39 is 5.97 Å². The van der Waals surface area contributed by atoms with Crippen LogP contribution >= 0.6 is 0 Å². The van der Waals surface area contributed by atoms with Crippen LogP contribution in [0.4, 0.5) is 0 Å². The van der Waals surface area contributed by atoms with E-state index in [9.17, 15) is 9.90 Å². The van der Waals surface area contributed by atoms with E-state index in [1.54, 1.807) is 0 Å². The van der Waals surface area contributed by atoms with E-state index in [4.69, 9.17) is 0 Å². The fraction of sp³-hybridized carbons (Fsp3) is 0.917. The molecule has 0 aromatic heterocycles. The molecule has 1 aliphatic rings. The van der Waals surface area contributed by atoms with Gasteiger partial charge in [-0.25, -0.2) is 0 Å². The van der Waals surface area contributed by atoms with Gasteiger partial charge < -0.3 is 5.11 Å². The number of carbonyl (C=O) groups is 1. The molecule has 0 saturated carbocycles. The number of hydrogen-bond donors (Lipinski definition) is 1. The van der Waals surface area contributed by atoms with Crippen molar-refractivity contribution >= 4 is 5.97 Å². The molecule has 1 aliphatic heterocycles. The van der Waals surface area contributed by atoms with Crippen molar-refractivity contribution in [2.24, 2.45) is 11.8 Å². The number of rotatable bonds is 3. The van der Waals surface area contributed by atoms with Gasteiger partial charge in [-0.1, -0.05) is 20.8 Å². The molecule has 0 aromatic rings. The highest BCUT2D eigenvalue weighted by atomic mass is 16.4. The zero-order chi connectivity index (χ0) is 11.4. The number of likely N-dealkylation sites (tertiary alicyclic amines) is 1. The topological polar surface area (TPSA) is 40.5 Å². The van der Waals surface area contributed by atoms with Crippen molar-refractivity contribution in [1.82, 2.24) is 4.90 Å². The zero-order valence-electron chi connectivity index (χ0n) is 10.1. The lowest BCUT2D eigenvalue weighted by Crippen LogP contribution is -2.45. The average Bonchev–Trinajstić information content (AvgIpc) is 2.30. The summed E-state index contributed by atoms with van der Waals surface area (Å²) in [5.41, 5.74) is 0. The summed E-state index contributed by atoms with van der Waals surface area (Å²) >= 11 is 0. The van der Waals surface area contributed by atoms with Crippen LogP contribution in [0.25, 0.3) is 0 Å². The Hall–Kier alpha value is -0.570. The number of carboxylic acids is 1. The maximum absolute atomic E-state index is 11.2. The van der Waals surface area contributed by atoms with E-state index in [2.05, 4.69) is 11.8 Å². The molecule has 1 rings (SSSR count). The first-order valence-corrected chi connectivity index (χ1v) is 5.99. The van der Waals surface area contributed by atoms with E-state index in [-0.39, 0.29) is 12.0 Å². The van der Waals surface area contributed by atoms with Crippen LogP contribution in [-0.4, -0.2) is 35.1 Å². The predicted molar refractivity (Wildman–Crippen MR) is 60.8 cm³/mol. The van der Waals surface area contributed by atoms with Crippen LogP contribution in [0.15, 0.2) is 0 Å². The van der Waals surface area contributed by atoms with Crippen molar-refractivity contribution in [2.75, 3.05) is 13.1 Å². The second kappa shape index (κ2) is 5.50. The van der Waals surface area contributed by atoms with Gasteiger partial charge in [-0.05, 0) is 44.2 Å². The van der Waals surface area contributed by atoms with Crippen molar-refractivity contribution in [1.29, 1.82) is 0 Å². The Bertz CT molecular complexity index is 216. The summed E-state index contributed by atoms with van der Waals surface area (Å²) in [5.74, 6) is 0.270. The molecular formula is C12H23NO2. The van der Waals surface area contributed by atoms with Gasteiger partial charge in [-0.2, -0.15) is 0 Å². The minimum atomic E-state index is -0.667. The highest BCUT2D eigenvalue weighted by Gasteiger charge is 2.29. The van der Waals surface area contributed by atoms with E-state index in [0.29, 0.717) is 0 Å². The maximum Gasteiger partial charge on any atom is 0.321 e. The Kier molecular flexibility index (Phi) is 4.58. The molecule has 1 N–H and O–H groups in total. The molecule has 88 valence electrons. The second-order valence-electron chi connectivity index (χ2n) is 5.10. The van der Waals surface area contributed by atoms with Crippen LogP contribution in [0.3, 0.4) is 0 Å². The molecule has 1 heterocycles. The summed E-state index contributed by atoms with van der Waals surface area (Å²) in [6.07, 6.45) is 3.51. The summed E-state index contributed by atoms with van der Waals surface area (Å²) in [5, 5.41) is 9.21. The van der Waals surface area contributed by atoms with Gasteiger partial charge in [-0.3, -0.25) is 9.69 Å². The van der Waals surface area contributed by atoms with Crippen LogP contribution in [0, 0.1) is 11.8 Å². The number of carboxylic acid groups (broad SMARTS) is 1. The summed E-state index contributed by atoms with van der Waals surface area (Å²) in [6, 6.07) is -0.296. The molecule has 2 atom stereocenters. The fourth-order valence-corrected chi connectivity index (χ4v) is 2.43. The van der Waals surface area contributed by atoms with Crippen molar-refractivity contribution in [3.05, 3.63) is 0 Å². The first kappa shape index (κ1) is 12.5. The Morgan fingerprint density at radius 1 is 1.33 bits per heavy atom. The Morgan fingerprint density at radius 3 is 2.53 bits per heavy atom. The SMILES string of the molecule is CC1CCCN(C(C(=O)O)C(C)C)CC1. The first-order chi connectivity index (χ1) is 7.02. The third kappa shape index (κ3) is 3.49. The Morgan fingerprint density at radius 2 is 2.00 bits per heavy atom. The Labute approximate surface area is 92.5 Å². The highest BCUT2D eigenvalue weighted by molar-refractivity contribution is 5.73. The summed E-state index contributed by atoms with van der Waals surface area (Å²) in [6.45, 7) is 8.13. The van der Waals surface area contributed by atoms with Crippen LogP contribution < -0.4 is 0 Å². The largest absolute Gasteiger partial charge is 0.480 e. The van der Waals surface area contributed by atoms with Crippen molar-refractivity contribution in [2.45, 2.75) is 46.1 Å². The molecule has 1 fully saturated rings. The van der Waals surface area contributed by atoms with E-state index in [0.717, 1.165) is 31.8 Å². The lowest BCUT2D eigenvalue weighted by molar-refractivity contribution is -0.145. The summed E-state index contributed by atoms with van der Waals surface area (Å²) in [7, 11) is 0. The quantitative estimate of drug-likeness (QED) is 0.781. The minimum absolute atomic E-state index is 0.191. The van der Waals surface area contributed by atoms with Gasteiger partial charge in [0, 0.05) is 0 Å². The fourth-order valence-electron chi connectivity index (χ4n) is 2.43. The molecule has 2 unspecified atom stereocenters. The van der Waals surface area contributed by atoms with Crippen LogP contribution in [0.5, 0.6) is 0 Å². The van der Waals surface area contributed by atoms with Gasteiger partial charge in [0.05, 0.1) is 0 Å². The molecule has 0 aromatic carbocycles. The third-order valence-electron chi connectivity index (χ3n) is 3.33. The predicted octanol–water partition coefficient (Wildman–Crippen LogP) is 2.22. The molecule has 3 heteroatoms. The van der Waals surface area contributed by atoms with Crippen molar-refractivity contribution < 1.29 is 9.90 Å². The summed E-state index contributed by atoms with van der Waals surface area (Å²) < 4.78 is 0. The molecule has 15 heavy (non-hydrogen) atoms. The van der Waals surface area contributed by atoms with Gasteiger partial charge in [0.25, 0.3) is 0 Å². The maximum atomic E-state index is 11.2. The van der Waals surface area contributed by atoms with Crippen LogP contribution in [0.1, 0.15) is 40.0 Å². The van der Waals surface area contributed by atoms with Gasteiger partial charge >= 0.3 is 5.97 Å². The minimum Gasteiger partial charge on any atom is -0.480 e. The standard InChI is InChI=1S/C12H23NO2/c1-9(2)11(12(14)15)13-7-4-5-10(3)6-8-13/h9-11H,4-8H2,1-3H3,(H,14,15). The molecule has 1 saturated heterocycles. The van der Waals surface area contributed by atoms with Gasteiger partial charge in [0.2, 0.25) is 0 Å². The highest BCUT2D eigenvalue weighted by Crippen LogP contribution is 2.21. The number of hydrogen-bond acceptors (Lipinski definition) is 2. The van der Waals surface area contributed by atoms with Gasteiger partial charge in [0.1, 0.15) is 6.04 Å². The van der Waals surface area contributed by atoms with E-state index >= 15 is 0 Å². The van der Waals surface area contributed by atoms with Crippen LogP contribution in [0.2, 0.25) is 0 Å². The molecular weight excluding hydrogens is 190 g/mol. The van der Waals surface area contributed by atoms with Crippen molar-refractivity contribution in [3.63, 3.8) is 0 Å². The molecule has 0 amide bonds. The second-order valence-corrected chi connectivity index (χ2v) is 5.10.